The van der Waals surface area contributed by atoms with Gasteiger partial charge in [-0.2, -0.15) is 0 Å². The molecular weight excluding hydrogens is 277 g/mol. The van der Waals surface area contributed by atoms with Crippen LogP contribution in [-0.2, 0) is 9.59 Å². The van der Waals surface area contributed by atoms with E-state index in [2.05, 4.69) is 15.9 Å². The number of amides is 2. The van der Waals surface area contributed by atoms with E-state index in [-0.39, 0.29) is 5.91 Å². The molecule has 0 spiro atoms. The lowest BCUT2D eigenvalue weighted by atomic mass is 10.2. The monoisotopic (exact) mass is 283 g/mol. The van der Waals surface area contributed by atoms with Gasteiger partial charge in [-0.15, -0.1) is 0 Å². The summed E-state index contributed by atoms with van der Waals surface area (Å²) < 4.78 is 13.2. The van der Waals surface area contributed by atoms with Crippen LogP contribution in [-0.4, -0.2) is 11.8 Å². The summed E-state index contributed by atoms with van der Waals surface area (Å²) in [5, 5.41) is 0. The van der Waals surface area contributed by atoms with Crippen LogP contribution in [0.1, 0.15) is 6.92 Å². The minimum Gasteiger partial charge on any atom is -0.269 e. The average Bonchev–Trinajstić information content (AvgIpc) is 2.43. The van der Waals surface area contributed by atoms with Gasteiger partial charge in [-0.25, -0.2) is 9.29 Å². The van der Waals surface area contributed by atoms with Gasteiger partial charge in [0.1, 0.15) is 5.82 Å². The van der Waals surface area contributed by atoms with E-state index in [9.17, 15) is 14.0 Å². The van der Waals surface area contributed by atoms with Crippen LogP contribution < -0.4 is 4.90 Å². The van der Waals surface area contributed by atoms with Crippen LogP contribution in [0.25, 0.3) is 0 Å². The first-order valence-corrected chi connectivity index (χ1v) is 5.32. The van der Waals surface area contributed by atoms with Crippen molar-refractivity contribution in [1.29, 1.82) is 0 Å². The van der Waals surface area contributed by atoms with Gasteiger partial charge in [0.25, 0.3) is 11.8 Å². The predicted octanol–water partition coefficient (Wildman–Crippen LogP) is 2.41. The van der Waals surface area contributed by atoms with Crippen molar-refractivity contribution in [2.24, 2.45) is 0 Å². The summed E-state index contributed by atoms with van der Waals surface area (Å²) >= 11 is 3.12. The first-order chi connectivity index (χ1) is 7.50. The van der Waals surface area contributed by atoms with E-state index in [4.69, 9.17) is 0 Å². The summed E-state index contributed by atoms with van der Waals surface area (Å²) in [7, 11) is 0. The highest BCUT2D eigenvalue weighted by atomic mass is 79.9. The van der Waals surface area contributed by atoms with Gasteiger partial charge in [0.15, 0.2) is 0 Å². The SMILES string of the molecule is CC1=CC(=O)N(c2ccc(F)cc2Br)C1=O. The van der Waals surface area contributed by atoms with Gasteiger partial charge in [0, 0.05) is 16.1 Å². The maximum atomic E-state index is 12.9. The molecule has 1 aliphatic heterocycles. The van der Waals surface area contributed by atoms with Crippen molar-refractivity contribution in [3.05, 3.63) is 40.1 Å². The zero-order valence-electron chi connectivity index (χ0n) is 8.33. The van der Waals surface area contributed by atoms with Crippen LogP contribution >= 0.6 is 15.9 Å². The molecule has 0 saturated carbocycles. The Morgan fingerprint density at radius 2 is 2.00 bits per heavy atom. The maximum Gasteiger partial charge on any atom is 0.261 e. The summed E-state index contributed by atoms with van der Waals surface area (Å²) in [6.07, 6.45) is 1.26. The van der Waals surface area contributed by atoms with Gasteiger partial charge in [-0.1, -0.05) is 0 Å². The topological polar surface area (TPSA) is 37.4 Å². The molecule has 0 saturated heterocycles. The van der Waals surface area contributed by atoms with Crippen molar-refractivity contribution in [3.8, 4) is 0 Å². The zero-order chi connectivity index (χ0) is 11.9. The minimum absolute atomic E-state index is 0.351. The number of hydrogen-bond donors (Lipinski definition) is 0. The standard InChI is InChI=1S/C11H7BrFNO2/c1-6-4-10(15)14(11(6)16)9-3-2-7(13)5-8(9)12/h2-5H,1H3. The van der Waals surface area contributed by atoms with Crippen LogP contribution in [0.3, 0.4) is 0 Å². The molecule has 0 fully saturated rings. The highest BCUT2D eigenvalue weighted by Gasteiger charge is 2.30. The molecular formula is C11H7BrFNO2. The fraction of sp³-hybridized carbons (Fsp3) is 0.0909. The van der Waals surface area contributed by atoms with Crippen molar-refractivity contribution in [3.63, 3.8) is 0 Å². The fourth-order valence-corrected chi connectivity index (χ4v) is 2.01. The Labute approximate surface area is 99.7 Å². The Hall–Kier alpha value is -1.49. The number of benzene rings is 1. The predicted molar refractivity (Wildman–Crippen MR) is 60.4 cm³/mol. The largest absolute Gasteiger partial charge is 0.269 e. The molecule has 5 heteroatoms. The van der Waals surface area contributed by atoms with Crippen LogP contribution in [0.4, 0.5) is 10.1 Å². The molecule has 1 heterocycles. The maximum absolute atomic E-state index is 12.9. The van der Waals surface area contributed by atoms with Crippen LogP contribution in [0.15, 0.2) is 34.3 Å². The Kier molecular flexibility index (Phi) is 2.63. The second kappa shape index (κ2) is 3.83. The lowest BCUT2D eigenvalue weighted by Gasteiger charge is -2.15. The smallest absolute Gasteiger partial charge is 0.261 e. The molecule has 16 heavy (non-hydrogen) atoms. The molecule has 3 nitrogen and oxygen atoms in total. The molecule has 1 aromatic rings. The number of imide groups is 1. The Bertz CT molecular complexity index is 525. The van der Waals surface area contributed by atoms with Crippen molar-refractivity contribution >= 4 is 33.4 Å². The molecule has 0 radical (unpaired) electrons. The summed E-state index contributed by atoms with van der Waals surface area (Å²) in [5.74, 6) is -1.22. The number of anilines is 1. The van der Waals surface area contributed by atoms with Gasteiger partial charge < -0.3 is 0 Å². The summed E-state index contributed by atoms with van der Waals surface area (Å²) in [5.41, 5.74) is 0.728. The molecule has 1 aliphatic rings. The summed E-state index contributed by atoms with van der Waals surface area (Å²) in [6, 6.07) is 3.81. The van der Waals surface area contributed by atoms with Gasteiger partial charge in [0.05, 0.1) is 5.69 Å². The number of carbonyl (C=O) groups is 2. The first-order valence-electron chi connectivity index (χ1n) is 4.52. The lowest BCUT2D eigenvalue weighted by Crippen LogP contribution is -2.30. The third kappa shape index (κ3) is 1.67. The summed E-state index contributed by atoms with van der Waals surface area (Å²) in [4.78, 5) is 24.2. The molecule has 0 aromatic heterocycles. The number of hydrogen-bond acceptors (Lipinski definition) is 2. The minimum atomic E-state index is -0.431. The van der Waals surface area contributed by atoms with Gasteiger partial charge in [0.2, 0.25) is 0 Å². The second-order valence-electron chi connectivity index (χ2n) is 3.40. The number of rotatable bonds is 1. The van der Waals surface area contributed by atoms with Crippen molar-refractivity contribution in [2.45, 2.75) is 6.92 Å². The Morgan fingerprint density at radius 1 is 1.31 bits per heavy atom. The van der Waals surface area contributed by atoms with Crippen molar-refractivity contribution in [2.75, 3.05) is 4.90 Å². The van der Waals surface area contributed by atoms with E-state index < -0.39 is 11.7 Å². The molecule has 0 atom stereocenters. The molecule has 0 unspecified atom stereocenters. The van der Waals surface area contributed by atoms with E-state index in [1.807, 2.05) is 0 Å². The first kappa shape index (κ1) is 11.0. The quantitative estimate of drug-likeness (QED) is 0.743. The third-order valence-electron chi connectivity index (χ3n) is 2.25. The Morgan fingerprint density at radius 3 is 2.50 bits per heavy atom. The average molecular weight is 284 g/mol. The normalized spacial score (nSPS) is 15.7. The third-order valence-corrected chi connectivity index (χ3v) is 2.89. The zero-order valence-corrected chi connectivity index (χ0v) is 9.92. The highest BCUT2D eigenvalue weighted by Crippen LogP contribution is 2.30. The van der Waals surface area contributed by atoms with E-state index in [1.165, 1.54) is 24.3 Å². The van der Waals surface area contributed by atoms with Crippen LogP contribution in [0, 0.1) is 5.82 Å². The molecule has 0 bridgehead atoms. The van der Waals surface area contributed by atoms with Gasteiger partial charge in [-0.3, -0.25) is 9.59 Å². The Balaban J connectivity index is 2.47. The molecule has 0 aliphatic carbocycles. The number of nitrogens with zero attached hydrogens (tertiary/aromatic N) is 1. The second-order valence-corrected chi connectivity index (χ2v) is 4.26. The number of halogens is 2. The molecule has 0 N–H and O–H groups in total. The van der Waals surface area contributed by atoms with Crippen molar-refractivity contribution in [1.82, 2.24) is 0 Å². The van der Waals surface area contributed by atoms with Gasteiger partial charge >= 0.3 is 0 Å². The van der Waals surface area contributed by atoms with Gasteiger partial charge in [-0.05, 0) is 41.1 Å². The fourth-order valence-electron chi connectivity index (χ4n) is 1.48. The highest BCUT2D eigenvalue weighted by molar-refractivity contribution is 9.10. The molecule has 1 aromatic carbocycles. The van der Waals surface area contributed by atoms with E-state index in [1.54, 1.807) is 6.92 Å². The van der Waals surface area contributed by atoms with E-state index >= 15 is 0 Å². The molecule has 2 rings (SSSR count). The van der Waals surface area contributed by atoms with E-state index in [0.29, 0.717) is 15.7 Å². The number of carbonyl (C=O) groups excluding carboxylic acids is 2. The molecule has 82 valence electrons. The van der Waals surface area contributed by atoms with Crippen LogP contribution in [0.5, 0.6) is 0 Å². The van der Waals surface area contributed by atoms with Crippen molar-refractivity contribution < 1.29 is 14.0 Å². The summed E-state index contributed by atoms with van der Waals surface area (Å²) in [6.45, 7) is 1.57. The van der Waals surface area contributed by atoms with E-state index in [0.717, 1.165) is 4.90 Å². The lowest BCUT2D eigenvalue weighted by molar-refractivity contribution is -0.120. The molecule has 2 amide bonds. The van der Waals surface area contributed by atoms with Crippen LogP contribution in [0.2, 0.25) is 0 Å².